The zero-order valence-electron chi connectivity index (χ0n) is 9.98. The maximum Gasteiger partial charge on any atom is 0.231 e. The van der Waals surface area contributed by atoms with Crippen LogP contribution in [-0.4, -0.2) is 28.5 Å². The summed E-state index contributed by atoms with van der Waals surface area (Å²) in [7, 11) is 0. The predicted octanol–water partition coefficient (Wildman–Crippen LogP) is 1.85. The van der Waals surface area contributed by atoms with Gasteiger partial charge in [-0.1, -0.05) is 15.9 Å². The van der Waals surface area contributed by atoms with E-state index in [1.807, 2.05) is 24.8 Å². The van der Waals surface area contributed by atoms with E-state index in [0.717, 1.165) is 10.0 Å². The summed E-state index contributed by atoms with van der Waals surface area (Å²) in [5, 5.41) is 9.74. The van der Waals surface area contributed by atoms with Gasteiger partial charge in [0.25, 0.3) is 0 Å². The van der Waals surface area contributed by atoms with Crippen LogP contribution in [0.4, 0.5) is 0 Å². The fraction of sp³-hybridized carbons (Fsp3) is 0.417. The number of phenols is 1. The molecule has 1 amide bonds. The number of amides is 1. The van der Waals surface area contributed by atoms with Crippen molar-refractivity contribution in [1.29, 1.82) is 0 Å². The second kappa shape index (κ2) is 6.02. The SMILES string of the molecule is CC(C)N(CC(N)=O)Cc1cc(Br)ccc1O. The molecule has 0 heterocycles. The van der Waals surface area contributed by atoms with E-state index in [9.17, 15) is 9.90 Å². The molecule has 0 aromatic heterocycles. The van der Waals surface area contributed by atoms with E-state index in [-0.39, 0.29) is 24.2 Å². The van der Waals surface area contributed by atoms with Gasteiger partial charge in [-0.3, -0.25) is 9.69 Å². The molecular weight excluding hydrogens is 284 g/mol. The van der Waals surface area contributed by atoms with Crippen molar-refractivity contribution in [3.8, 4) is 5.75 Å². The van der Waals surface area contributed by atoms with E-state index in [1.165, 1.54) is 0 Å². The molecule has 5 heteroatoms. The first-order valence-electron chi connectivity index (χ1n) is 5.40. The summed E-state index contributed by atoms with van der Waals surface area (Å²) in [6.45, 7) is 4.64. The number of carbonyl (C=O) groups is 1. The highest BCUT2D eigenvalue weighted by atomic mass is 79.9. The molecule has 3 N–H and O–H groups in total. The monoisotopic (exact) mass is 300 g/mol. The summed E-state index contributed by atoms with van der Waals surface area (Å²) >= 11 is 3.35. The summed E-state index contributed by atoms with van der Waals surface area (Å²) in [4.78, 5) is 12.9. The van der Waals surface area contributed by atoms with Crippen LogP contribution in [-0.2, 0) is 11.3 Å². The predicted molar refractivity (Wildman–Crippen MR) is 70.5 cm³/mol. The molecule has 94 valence electrons. The first kappa shape index (κ1) is 14.0. The van der Waals surface area contributed by atoms with Crippen LogP contribution in [0.3, 0.4) is 0 Å². The molecule has 1 aromatic rings. The topological polar surface area (TPSA) is 66.6 Å². The lowest BCUT2D eigenvalue weighted by Crippen LogP contribution is -2.37. The Morgan fingerprint density at radius 1 is 1.53 bits per heavy atom. The summed E-state index contributed by atoms with van der Waals surface area (Å²) in [5.41, 5.74) is 5.97. The number of nitrogens with zero attached hydrogens (tertiary/aromatic N) is 1. The quantitative estimate of drug-likeness (QED) is 0.872. The molecule has 1 aromatic carbocycles. The average molecular weight is 301 g/mol. The number of rotatable bonds is 5. The molecule has 0 bridgehead atoms. The Balaban J connectivity index is 2.85. The number of nitrogens with two attached hydrogens (primary N) is 1. The minimum Gasteiger partial charge on any atom is -0.508 e. The van der Waals surface area contributed by atoms with Crippen molar-refractivity contribution in [3.05, 3.63) is 28.2 Å². The van der Waals surface area contributed by atoms with Gasteiger partial charge in [0.1, 0.15) is 5.75 Å². The summed E-state index contributed by atoms with van der Waals surface area (Å²) in [5.74, 6) is -0.142. The summed E-state index contributed by atoms with van der Waals surface area (Å²) in [6, 6.07) is 5.42. The molecule has 1 rings (SSSR count). The van der Waals surface area contributed by atoms with E-state index >= 15 is 0 Å². The van der Waals surface area contributed by atoms with Gasteiger partial charge in [0, 0.05) is 22.6 Å². The van der Waals surface area contributed by atoms with E-state index in [1.54, 1.807) is 12.1 Å². The van der Waals surface area contributed by atoms with E-state index in [2.05, 4.69) is 15.9 Å². The molecule has 0 spiro atoms. The van der Waals surface area contributed by atoms with Crippen LogP contribution in [0.25, 0.3) is 0 Å². The van der Waals surface area contributed by atoms with E-state index in [4.69, 9.17) is 5.73 Å². The standard InChI is InChI=1S/C12H17BrN2O2/c1-8(2)15(7-12(14)17)6-9-5-10(13)3-4-11(9)16/h3-5,8,16H,6-7H2,1-2H3,(H2,14,17). The Morgan fingerprint density at radius 2 is 2.18 bits per heavy atom. The Kier molecular flexibility index (Phi) is 4.96. The van der Waals surface area contributed by atoms with Gasteiger partial charge < -0.3 is 10.8 Å². The van der Waals surface area contributed by atoms with Crippen molar-refractivity contribution in [2.75, 3.05) is 6.54 Å². The Morgan fingerprint density at radius 3 is 2.71 bits per heavy atom. The van der Waals surface area contributed by atoms with Crippen LogP contribution < -0.4 is 5.73 Å². The minimum atomic E-state index is -0.367. The molecule has 0 radical (unpaired) electrons. The maximum absolute atomic E-state index is 11.0. The smallest absolute Gasteiger partial charge is 0.231 e. The lowest BCUT2D eigenvalue weighted by atomic mass is 10.1. The van der Waals surface area contributed by atoms with Crippen LogP contribution in [0.1, 0.15) is 19.4 Å². The van der Waals surface area contributed by atoms with Crippen molar-refractivity contribution in [1.82, 2.24) is 4.90 Å². The van der Waals surface area contributed by atoms with Crippen molar-refractivity contribution in [2.45, 2.75) is 26.4 Å². The van der Waals surface area contributed by atoms with E-state index < -0.39 is 0 Å². The van der Waals surface area contributed by atoms with Gasteiger partial charge in [0.05, 0.1) is 6.54 Å². The second-order valence-corrected chi connectivity index (χ2v) is 5.15. The molecule has 17 heavy (non-hydrogen) atoms. The number of hydrogen-bond acceptors (Lipinski definition) is 3. The molecule has 0 aliphatic heterocycles. The first-order chi connectivity index (χ1) is 7.90. The maximum atomic E-state index is 11.0. The number of carbonyl (C=O) groups excluding carboxylic acids is 1. The molecule has 0 saturated carbocycles. The van der Waals surface area contributed by atoms with Crippen LogP contribution in [0.5, 0.6) is 5.75 Å². The Bertz CT molecular complexity index is 407. The molecule has 0 saturated heterocycles. The highest BCUT2D eigenvalue weighted by Gasteiger charge is 2.14. The summed E-state index contributed by atoms with van der Waals surface area (Å²) < 4.78 is 0.896. The van der Waals surface area contributed by atoms with Crippen molar-refractivity contribution >= 4 is 21.8 Å². The van der Waals surface area contributed by atoms with Gasteiger partial charge in [-0.2, -0.15) is 0 Å². The van der Waals surface area contributed by atoms with Crippen molar-refractivity contribution in [2.24, 2.45) is 5.73 Å². The van der Waals surface area contributed by atoms with Crippen molar-refractivity contribution < 1.29 is 9.90 Å². The zero-order valence-corrected chi connectivity index (χ0v) is 11.6. The second-order valence-electron chi connectivity index (χ2n) is 4.24. The first-order valence-corrected chi connectivity index (χ1v) is 6.19. The Labute approximate surface area is 110 Å². The Hall–Kier alpha value is -1.07. The van der Waals surface area contributed by atoms with Crippen LogP contribution >= 0.6 is 15.9 Å². The molecular formula is C12H17BrN2O2. The van der Waals surface area contributed by atoms with Crippen molar-refractivity contribution in [3.63, 3.8) is 0 Å². The normalized spacial score (nSPS) is 11.1. The van der Waals surface area contributed by atoms with Gasteiger partial charge >= 0.3 is 0 Å². The fourth-order valence-electron chi connectivity index (χ4n) is 1.52. The van der Waals surface area contributed by atoms with Gasteiger partial charge in [0.2, 0.25) is 5.91 Å². The van der Waals surface area contributed by atoms with Gasteiger partial charge in [-0.15, -0.1) is 0 Å². The van der Waals surface area contributed by atoms with Gasteiger partial charge in [-0.25, -0.2) is 0 Å². The largest absolute Gasteiger partial charge is 0.508 e. The fourth-order valence-corrected chi connectivity index (χ4v) is 1.93. The number of primary amides is 1. The molecule has 0 fully saturated rings. The van der Waals surface area contributed by atoms with E-state index in [0.29, 0.717) is 6.54 Å². The number of aromatic hydroxyl groups is 1. The third-order valence-electron chi connectivity index (χ3n) is 2.50. The van der Waals surface area contributed by atoms with Crippen LogP contribution in [0.15, 0.2) is 22.7 Å². The lowest BCUT2D eigenvalue weighted by Gasteiger charge is -2.25. The number of hydrogen-bond donors (Lipinski definition) is 2. The average Bonchev–Trinajstić information content (AvgIpc) is 2.21. The van der Waals surface area contributed by atoms with Crippen LogP contribution in [0.2, 0.25) is 0 Å². The summed E-state index contributed by atoms with van der Waals surface area (Å²) in [6.07, 6.45) is 0. The molecule has 0 atom stereocenters. The minimum absolute atomic E-state index is 0.181. The molecule has 0 aliphatic rings. The zero-order chi connectivity index (χ0) is 13.0. The third-order valence-corrected chi connectivity index (χ3v) is 3.00. The molecule has 0 unspecified atom stereocenters. The number of phenolic OH excluding ortho intramolecular Hbond substituents is 1. The molecule has 0 aliphatic carbocycles. The van der Waals surface area contributed by atoms with Gasteiger partial charge in [-0.05, 0) is 32.0 Å². The number of benzene rings is 1. The molecule has 4 nitrogen and oxygen atoms in total. The van der Waals surface area contributed by atoms with Crippen LogP contribution in [0, 0.1) is 0 Å². The van der Waals surface area contributed by atoms with Gasteiger partial charge in [0.15, 0.2) is 0 Å². The number of halogens is 1. The highest BCUT2D eigenvalue weighted by molar-refractivity contribution is 9.10. The third kappa shape index (κ3) is 4.36. The lowest BCUT2D eigenvalue weighted by molar-refractivity contribution is -0.119. The highest BCUT2D eigenvalue weighted by Crippen LogP contribution is 2.23.